The number of piperidine rings is 1. The summed E-state index contributed by atoms with van der Waals surface area (Å²) in [4.78, 5) is 13.8. The van der Waals surface area contributed by atoms with Crippen molar-refractivity contribution in [3.8, 4) is 5.75 Å². The predicted molar refractivity (Wildman–Crippen MR) is 91.1 cm³/mol. The molecule has 5 heteroatoms. The Morgan fingerprint density at radius 1 is 1.26 bits per heavy atom. The minimum Gasteiger partial charge on any atom is -0.497 e. The van der Waals surface area contributed by atoms with Gasteiger partial charge in [0.2, 0.25) is 0 Å². The van der Waals surface area contributed by atoms with Crippen LogP contribution in [0.25, 0.3) is 0 Å². The fraction of sp³-hybridized carbons (Fsp3) is 0.389. The Labute approximate surface area is 140 Å². The van der Waals surface area contributed by atoms with Gasteiger partial charge in [-0.25, -0.2) is 0 Å². The number of carbonyl (C=O) groups is 1. The molecule has 0 saturated carbocycles. The molecule has 2 atom stereocenters. The Kier molecular flexibility index (Phi) is 4.98. The minimum atomic E-state index is -0.724. The highest BCUT2D eigenvalue weighted by Crippen LogP contribution is 2.35. The lowest BCUT2D eigenvalue weighted by Gasteiger charge is -2.39. The van der Waals surface area contributed by atoms with Gasteiger partial charge in [0.1, 0.15) is 11.8 Å². The van der Waals surface area contributed by atoms with Crippen LogP contribution in [0.2, 0.25) is 0 Å². The van der Waals surface area contributed by atoms with Crippen LogP contribution in [0, 0.1) is 0 Å². The van der Waals surface area contributed by atoms with E-state index in [1.165, 1.54) is 0 Å². The fourth-order valence-corrected chi connectivity index (χ4v) is 4.00. The van der Waals surface area contributed by atoms with Gasteiger partial charge in [-0.15, -0.1) is 0 Å². The molecule has 23 heavy (non-hydrogen) atoms. The van der Waals surface area contributed by atoms with E-state index in [2.05, 4.69) is 16.3 Å². The van der Waals surface area contributed by atoms with Gasteiger partial charge in [0.15, 0.2) is 0 Å². The van der Waals surface area contributed by atoms with Crippen molar-refractivity contribution in [3.05, 3.63) is 52.2 Å². The molecule has 1 aromatic heterocycles. The van der Waals surface area contributed by atoms with Crippen molar-refractivity contribution < 1.29 is 14.6 Å². The summed E-state index contributed by atoms with van der Waals surface area (Å²) in [5.74, 6) is 0.0877. The zero-order valence-electron chi connectivity index (χ0n) is 13.1. The second-order valence-corrected chi connectivity index (χ2v) is 6.60. The number of carboxylic acid groups (broad SMARTS) is 1. The molecule has 4 nitrogen and oxygen atoms in total. The SMILES string of the molecule is COc1ccc(C(c2ccsc2)N2CCCCC2C(=O)O)cc1. The first-order valence-corrected chi connectivity index (χ1v) is 8.79. The van der Waals surface area contributed by atoms with E-state index in [0.717, 1.165) is 36.3 Å². The molecule has 1 saturated heterocycles. The van der Waals surface area contributed by atoms with Gasteiger partial charge in [0.05, 0.1) is 13.2 Å². The number of nitrogens with zero attached hydrogens (tertiary/aromatic N) is 1. The Morgan fingerprint density at radius 2 is 2.04 bits per heavy atom. The van der Waals surface area contributed by atoms with Crippen LogP contribution < -0.4 is 4.74 Å². The van der Waals surface area contributed by atoms with E-state index in [0.29, 0.717) is 6.42 Å². The molecule has 2 heterocycles. The molecule has 1 N–H and O–H groups in total. The van der Waals surface area contributed by atoms with Crippen molar-refractivity contribution in [2.24, 2.45) is 0 Å². The van der Waals surface area contributed by atoms with Gasteiger partial charge >= 0.3 is 5.97 Å². The second-order valence-electron chi connectivity index (χ2n) is 5.82. The van der Waals surface area contributed by atoms with Crippen LogP contribution in [0.5, 0.6) is 5.75 Å². The Bertz CT molecular complexity index is 639. The van der Waals surface area contributed by atoms with Gasteiger partial charge in [-0.3, -0.25) is 9.69 Å². The summed E-state index contributed by atoms with van der Waals surface area (Å²) in [6.07, 6.45) is 2.74. The number of hydrogen-bond donors (Lipinski definition) is 1. The van der Waals surface area contributed by atoms with Crippen molar-refractivity contribution in [2.45, 2.75) is 31.3 Å². The van der Waals surface area contributed by atoms with Gasteiger partial charge < -0.3 is 9.84 Å². The summed E-state index contributed by atoms with van der Waals surface area (Å²) in [6.45, 7) is 0.809. The molecule has 0 amide bonds. The average Bonchev–Trinajstić information content (AvgIpc) is 3.10. The number of aliphatic carboxylic acids is 1. The summed E-state index contributed by atoms with van der Waals surface area (Å²) in [7, 11) is 1.65. The van der Waals surface area contributed by atoms with Crippen molar-refractivity contribution in [1.82, 2.24) is 4.90 Å². The van der Waals surface area contributed by atoms with E-state index < -0.39 is 12.0 Å². The van der Waals surface area contributed by atoms with E-state index in [9.17, 15) is 9.90 Å². The third kappa shape index (κ3) is 3.41. The smallest absolute Gasteiger partial charge is 0.320 e. The van der Waals surface area contributed by atoms with Crippen LogP contribution in [0.1, 0.15) is 36.4 Å². The summed E-state index contributed by atoms with van der Waals surface area (Å²) < 4.78 is 5.24. The molecule has 2 aromatic rings. The first kappa shape index (κ1) is 16.0. The molecule has 3 rings (SSSR count). The summed E-state index contributed by atoms with van der Waals surface area (Å²) >= 11 is 1.65. The molecule has 1 fully saturated rings. The lowest BCUT2D eigenvalue weighted by molar-refractivity contribution is -0.145. The molecule has 122 valence electrons. The van der Waals surface area contributed by atoms with Gasteiger partial charge in [0.25, 0.3) is 0 Å². The Hall–Kier alpha value is -1.85. The molecule has 0 spiro atoms. The van der Waals surface area contributed by atoms with Crippen LogP contribution in [-0.2, 0) is 4.79 Å². The van der Waals surface area contributed by atoms with Crippen molar-refractivity contribution in [3.63, 3.8) is 0 Å². The first-order valence-electron chi connectivity index (χ1n) is 7.85. The minimum absolute atomic E-state index is 0.0199. The molecule has 2 unspecified atom stereocenters. The largest absolute Gasteiger partial charge is 0.497 e. The zero-order valence-corrected chi connectivity index (χ0v) is 14.0. The predicted octanol–water partition coefficient (Wildman–Crippen LogP) is 3.79. The topological polar surface area (TPSA) is 49.8 Å². The van der Waals surface area contributed by atoms with Crippen LogP contribution in [-0.4, -0.2) is 35.7 Å². The molecule has 1 aliphatic heterocycles. The third-order valence-corrected chi connectivity index (χ3v) is 5.15. The van der Waals surface area contributed by atoms with Crippen LogP contribution in [0.3, 0.4) is 0 Å². The molecule has 0 bridgehead atoms. The van der Waals surface area contributed by atoms with Gasteiger partial charge in [0, 0.05) is 0 Å². The zero-order chi connectivity index (χ0) is 16.2. The Morgan fingerprint density at radius 3 is 2.65 bits per heavy atom. The first-order chi connectivity index (χ1) is 11.2. The highest BCUT2D eigenvalue weighted by atomic mass is 32.1. The molecule has 1 aliphatic rings. The molecule has 0 aliphatic carbocycles. The highest BCUT2D eigenvalue weighted by molar-refractivity contribution is 7.08. The maximum absolute atomic E-state index is 11.7. The van der Waals surface area contributed by atoms with Crippen LogP contribution in [0.15, 0.2) is 41.1 Å². The normalized spacial score (nSPS) is 20.1. The molecular weight excluding hydrogens is 310 g/mol. The number of carboxylic acids is 1. The molecule has 0 radical (unpaired) electrons. The van der Waals surface area contributed by atoms with Gasteiger partial charge in [-0.05, 0) is 59.5 Å². The van der Waals surface area contributed by atoms with Crippen LogP contribution >= 0.6 is 11.3 Å². The van der Waals surface area contributed by atoms with E-state index in [1.807, 2.05) is 29.6 Å². The van der Waals surface area contributed by atoms with E-state index in [-0.39, 0.29) is 6.04 Å². The monoisotopic (exact) mass is 331 g/mol. The van der Waals surface area contributed by atoms with E-state index in [4.69, 9.17) is 4.74 Å². The number of benzene rings is 1. The summed E-state index contributed by atoms with van der Waals surface area (Å²) in [6, 6.07) is 9.60. The maximum Gasteiger partial charge on any atom is 0.320 e. The second kappa shape index (κ2) is 7.15. The quantitative estimate of drug-likeness (QED) is 0.906. The maximum atomic E-state index is 11.7. The van der Waals surface area contributed by atoms with Crippen molar-refractivity contribution in [1.29, 1.82) is 0 Å². The number of hydrogen-bond acceptors (Lipinski definition) is 4. The van der Waals surface area contributed by atoms with Crippen molar-refractivity contribution in [2.75, 3.05) is 13.7 Å². The third-order valence-electron chi connectivity index (χ3n) is 4.45. The average molecular weight is 331 g/mol. The number of thiophene rings is 1. The number of rotatable bonds is 5. The highest BCUT2D eigenvalue weighted by Gasteiger charge is 2.35. The lowest BCUT2D eigenvalue weighted by atomic mass is 9.93. The van der Waals surface area contributed by atoms with Gasteiger partial charge in [-0.2, -0.15) is 11.3 Å². The summed E-state index contributed by atoms with van der Waals surface area (Å²) in [5, 5.41) is 13.8. The lowest BCUT2D eigenvalue weighted by Crippen LogP contribution is -2.46. The van der Waals surface area contributed by atoms with E-state index in [1.54, 1.807) is 18.4 Å². The Balaban J connectivity index is 1.99. The molecule has 1 aromatic carbocycles. The van der Waals surface area contributed by atoms with E-state index >= 15 is 0 Å². The number of ether oxygens (including phenoxy) is 1. The van der Waals surface area contributed by atoms with Gasteiger partial charge in [-0.1, -0.05) is 18.6 Å². The number of likely N-dealkylation sites (tertiary alicyclic amines) is 1. The molecular formula is C18H21NO3S. The van der Waals surface area contributed by atoms with Crippen molar-refractivity contribution >= 4 is 17.3 Å². The van der Waals surface area contributed by atoms with Crippen LogP contribution in [0.4, 0.5) is 0 Å². The fourth-order valence-electron chi connectivity index (χ4n) is 3.32. The summed E-state index contributed by atoms with van der Waals surface area (Å²) in [5.41, 5.74) is 2.27. The number of methoxy groups -OCH3 is 1. The standard InChI is InChI=1S/C18H21NO3S/c1-22-15-7-5-13(6-8-15)17(14-9-11-23-12-14)19-10-3-2-4-16(19)18(20)21/h5-9,11-12,16-17H,2-4,10H2,1H3,(H,20,21).